The number of alkyl halides is 1. The number of fused-ring (bicyclic) bond motifs is 1. The van der Waals surface area contributed by atoms with Crippen molar-refractivity contribution in [3.05, 3.63) is 36.0 Å². The van der Waals surface area contributed by atoms with Gasteiger partial charge in [-0.2, -0.15) is 0 Å². The molecule has 4 nitrogen and oxygen atoms in total. The first kappa shape index (κ1) is 17.3. The van der Waals surface area contributed by atoms with Gasteiger partial charge in [-0.05, 0) is 63.4 Å². The number of aromatic amines is 1. The summed E-state index contributed by atoms with van der Waals surface area (Å²) in [7, 11) is 0. The number of hydrogen-bond donors (Lipinski definition) is 1. The van der Waals surface area contributed by atoms with E-state index >= 15 is 0 Å². The minimum Gasteiger partial charge on any atom is -0.454 e. The lowest BCUT2D eigenvalue weighted by Gasteiger charge is -2.58. The summed E-state index contributed by atoms with van der Waals surface area (Å²) in [6, 6.07) is 7.66. The minimum absolute atomic E-state index is 0.161. The first-order valence-corrected chi connectivity index (χ1v) is 10.3. The highest BCUT2D eigenvalue weighted by atomic mass is 35.5. The average Bonchev–Trinajstić information content (AvgIpc) is 3.03. The molecule has 5 atom stereocenters. The largest absolute Gasteiger partial charge is 0.454 e. The Balaban J connectivity index is 1.36. The molecule has 2 unspecified atom stereocenters. The lowest BCUT2D eigenvalue weighted by molar-refractivity contribution is -0.172. The van der Waals surface area contributed by atoms with Gasteiger partial charge in [0.25, 0.3) is 0 Å². The van der Waals surface area contributed by atoms with Gasteiger partial charge < -0.3 is 9.72 Å². The Morgan fingerprint density at radius 3 is 2.59 bits per heavy atom. The van der Waals surface area contributed by atoms with Crippen LogP contribution in [0.4, 0.5) is 0 Å². The second-order valence-corrected chi connectivity index (χ2v) is 9.85. The number of halogens is 1. The SMILES string of the molecule is C[C@@H](OC(=O)C12C[C@@H]3C[C@@H](CC(Cl)(C3)C1)C2)C(=O)c1c[nH]c2ccccc12. The number of rotatable bonds is 4. The molecule has 4 aliphatic carbocycles. The third-order valence-corrected chi connectivity index (χ3v) is 7.37. The number of esters is 1. The normalized spacial score (nSPS) is 35.3. The Morgan fingerprint density at radius 2 is 1.89 bits per heavy atom. The molecule has 0 radical (unpaired) electrons. The quantitative estimate of drug-likeness (QED) is 0.464. The van der Waals surface area contributed by atoms with E-state index in [1.807, 2.05) is 24.3 Å². The smallest absolute Gasteiger partial charge is 0.312 e. The third-order valence-electron chi connectivity index (χ3n) is 6.93. The van der Waals surface area contributed by atoms with Crippen molar-refractivity contribution >= 4 is 34.3 Å². The number of hydrogen-bond acceptors (Lipinski definition) is 3. The minimum atomic E-state index is -0.795. The monoisotopic (exact) mass is 385 g/mol. The fraction of sp³-hybridized carbons (Fsp3) is 0.545. The Bertz CT molecular complexity index is 919. The van der Waals surface area contributed by atoms with Gasteiger partial charge in [-0.1, -0.05) is 18.2 Å². The lowest BCUT2D eigenvalue weighted by atomic mass is 9.49. The van der Waals surface area contributed by atoms with Gasteiger partial charge in [0.15, 0.2) is 6.10 Å². The number of nitrogens with one attached hydrogen (secondary N) is 1. The summed E-state index contributed by atoms with van der Waals surface area (Å²) < 4.78 is 5.75. The van der Waals surface area contributed by atoms with Crippen LogP contribution in [0.5, 0.6) is 0 Å². The van der Waals surface area contributed by atoms with E-state index in [0.29, 0.717) is 23.8 Å². The van der Waals surface area contributed by atoms with Crippen molar-refractivity contribution < 1.29 is 14.3 Å². The molecule has 2 aromatic rings. The molecule has 5 heteroatoms. The summed E-state index contributed by atoms with van der Waals surface area (Å²) in [4.78, 5) is 28.9. The molecule has 4 fully saturated rings. The molecular formula is C22H24ClNO3. The van der Waals surface area contributed by atoms with Crippen LogP contribution in [-0.2, 0) is 9.53 Å². The Kier molecular flexibility index (Phi) is 3.74. The standard InChI is InChI=1S/C22H24ClNO3/c1-13(19(25)17-11-24-18-5-3-2-4-16(17)18)27-20(26)21-7-14-6-15(8-21)10-22(23,9-14)12-21/h2-5,11,13-15,24H,6-10,12H2,1H3/t13-,14-,15+,21?,22?/m1/s1. The zero-order valence-corrected chi connectivity index (χ0v) is 16.2. The van der Waals surface area contributed by atoms with Crippen molar-refractivity contribution in [1.29, 1.82) is 0 Å². The zero-order valence-electron chi connectivity index (χ0n) is 15.5. The van der Waals surface area contributed by atoms with E-state index in [0.717, 1.165) is 36.6 Å². The Hall–Kier alpha value is -1.81. The van der Waals surface area contributed by atoms with Crippen LogP contribution in [-0.4, -0.2) is 27.7 Å². The molecule has 4 aliphatic rings. The van der Waals surface area contributed by atoms with Crippen LogP contribution in [0.2, 0.25) is 0 Å². The van der Waals surface area contributed by atoms with Crippen molar-refractivity contribution in [1.82, 2.24) is 4.98 Å². The first-order valence-electron chi connectivity index (χ1n) is 9.88. The number of para-hydroxylation sites is 1. The molecule has 142 valence electrons. The maximum atomic E-state index is 13.1. The van der Waals surface area contributed by atoms with E-state index < -0.39 is 11.5 Å². The van der Waals surface area contributed by atoms with E-state index in [4.69, 9.17) is 16.3 Å². The van der Waals surface area contributed by atoms with Gasteiger partial charge in [-0.3, -0.25) is 9.59 Å². The molecule has 0 saturated heterocycles. The molecule has 4 bridgehead atoms. The van der Waals surface area contributed by atoms with Crippen LogP contribution in [0, 0.1) is 17.3 Å². The molecule has 1 aromatic heterocycles. The number of carbonyl (C=O) groups is 2. The van der Waals surface area contributed by atoms with Crippen molar-refractivity contribution in [2.24, 2.45) is 17.3 Å². The topological polar surface area (TPSA) is 59.2 Å². The Labute approximate surface area is 163 Å². The summed E-state index contributed by atoms with van der Waals surface area (Å²) in [6.07, 6.45) is 6.56. The van der Waals surface area contributed by atoms with Crippen molar-refractivity contribution in [2.45, 2.75) is 56.4 Å². The van der Waals surface area contributed by atoms with Crippen molar-refractivity contribution in [3.8, 4) is 0 Å². The highest BCUT2D eigenvalue weighted by molar-refractivity contribution is 6.24. The van der Waals surface area contributed by atoms with E-state index in [2.05, 4.69) is 4.98 Å². The van der Waals surface area contributed by atoms with Crippen LogP contribution >= 0.6 is 11.6 Å². The second-order valence-electron chi connectivity index (χ2n) is 9.05. The maximum Gasteiger partial charge on any atom is 0.312 e. The maximum absolute atomic E-state index is 13.1. The predicted octanol–water partition coefficient (Wildman–Crippen LogP) is 4.86. The van der Waals surface area contributed by atoms with Gasteiger partial charge in [0.1, 0.15) is 0 Å². The van der Waals surface area contributed by atoms with E-state index in [1.165, 1.54) is 6.42 Å². The van der Waals surface area contributed by atoms with Crippen molar-refractivity contribution in [2.75, 3.05) is 0 Å². The summed E-state index contributed by atoms with van der Waals surface area (Å²) in [6.45, 7) is 1.68. The van der Waals surface area contributed by atoms with Gasteiger partial charge in [0.2, 0.25) is 5.78 Å². The average molecular weight is 386 g/mol. The number of carbonyl (C=O) groups excluding carboxylic acids is 2. The fourth-order valence-electron chi connectivity index (χ4n) is 6.22. The van der Waals surface area contributed by atoms with Crippen LogP contribution in [0.1, 0.15) is 55.8 Å². The fourth-order valence-corrected chi connectivity index (χ4v) is 6.92. The number of H-pyrrole nitrogens is 1. The van der Waals surface area contributed by atoms with Gasteiger partial charge in [0, 0.05) is 27.5 Å². The molecule has 1 aromatic carbocycles. The molecule has 0 spiro atoms. The van der Waals surface area contributed by atoms with E-state index in [-0.39, 0.29) is 16.6 Å². The number of aromatic nitrogens is 1. The van der Waals surface area contributed by atoms with Crippen LogP contribution in [0.3, 0.4) is 0 Å². The summed E-state index contributed by atoms with van der Waals surface area (Å²) in [5, 5.41) is 0.861. The van der Waals surface area contributed by atoms with E-state index in [9.17, 15) is 9.59 Å². The number of Topliss-reactive ketones (excluding diaryl/α,β-unsaturated/α-hetero) is 1. The summed E-state index contributed by atoms with van der Waals surface area (Å²) in [5.74, 6) is 0.667. The first-order chi connectivity index (χ1) is 12.9. The molecular weight excluding hydrogens is 362 g/mol. The van der Waals surface area contributed by atoms with E-state index in [1.54, 1.807) is 13.1 Å². The molecule has 0 amide bonds. The molecule has 27 heavy (non-hydrogen) atoms. The van der Waals surface area contributed by atoms with Gasteiger partial charge in [0.05, 0.1) is 5.41 Å². The third kappa shape index (κ3) is 2.72. The highest BCUT2D eigenvalue weighted by Crippen LogP contribution is 2.64. The molecule has 6 rings (SSSR count). The molecule has 1 N–H and O–H groups in total. The Morgan fingerprint density at radius 1 is 1.19 bits per heavy atom. The predicted molar refractivity (Wildman–Crippen MR) is 104 cm³/mol. The number of benzene rings is 1. The summed E-state index contributed by atoms with van der Waals surface area (Å²) >= 11 is 6.83. The van der Waals surface area contributed by atoms with Gasteiger partial charge in [-0.25, -0.2) is 0 Å². The second kappa shape index (κ2) is 5.84. The lowest BCUT2D eigenvalue weighted by Crippen LogP contribution is -2.56. The number of ether oxygens (including phenoxy) is 1. The van der Waals surface area contributed by atoms with Gasteiger partial charge >= 0.3 is 5.97 Å². The number of ketones is 1. The van der Waals surface area contributed by atoms with Crippen molar-refractivity contribution in [3.63, 3.8) is 0 Å². The van der Waals surface area contributed by atoms with Gasteiger partial charge in [-0.15, -0.1) is 11.6 Å². The zero-order chi connectivity index (χ0) is 18.8. The summed E-state index contributed by atoms with van der Waals surface area (Å²) in [5.41, 5.74) is 0.996. The highest BCUT2D eigenvalue weighted by Gasteiger charge is 2.61. The molecule has 4 saturated carbocycles. The van der Waals surface area contributed by atoms with Crippen LogP contribution in [0.15, 0.2) is 30.5 Å². The van der Waals surface area contributed by atoms with Crippen LogP contribution < -0.4 is 0 Å². The molecule has 0 aliphatic heterocycles. The molecule has 1 heterocycles. The van der Waals surface area contributed by atoms with Crippen LogP contribution in [0.25, 0.3) is 10.9 Å².